The first-order chi connectivity index (χ1) is 10.4. The van der Waals surface area contributed by atoms with Gasteiger partial charge in [0.05, 0.1) is 17.4 Å². The van der Waals surface area contributed by atoms with E-state index >= 15 is 0 Å². The number of nitrogens with zero attached hydrogens (tertiary/aromatic N) is 4. The van der Waals surface area contributed by atoms with E-state index in [2.05, 4.69) is 27.3 Å². The van der Waals surface area contributed by atoms with Crippen molar-refractivity contribution < 1.29 is 0 Å². The number of para-hydroxylation sites is 1. The molecule has 1 N–H and O–H groups in total. The van der Waals surface area contributed by atoms with Gasteiger partial charge in [0.1, 0.15) is 6.33 Å². The summed E-state index contributed by atoms with van der Waals surface area (Å²) in [5.74, 6) is 0. The molecule has 0 amide bonds. The molecular formula is C16H17N5. The quantitative estimate of drug-likeness (QED) is 0.779. The van der Waals surface area contributed by atoms with Crippen molar-refractivity contribution in [1.82, 2.24) is 25.1 Å². The van der Waals surface area contributed by atoms with Crippen LogP contribution in [-0.2, 0) is 0 Å². The molecule has 0 fully saturated rings. The molecule has 0 aliphatic heterocycles. The molecule has 0 aliphatic carbocycles. The summed E-state index contributed by atoms with van der Waals surface area (Å²) in [4.78, 5) is 8.19. The van der Waals surface area contributed by atoms with Crippen LogP contribution in [0.2, 0.25) is 0 Å². The lowest BCUT2D eigenvalue weighted by atomic mass is 10.1. The maximum absolute atomic E-state index is 4.67. The van der Waals surface area contributed by atoms with E-state index in [0.717, 1.165) is 23.5 Å². The maximum Gasteiger partial charge on any atom is 0.115 e. The summed E-state index contributed by atoms with van der Waals surface area (Å²) in [5, 5.41) is 8.10. The van der Waals surface area contributed by atoms with E-state index in [1.165, 1.54) is 6.33 Å². The van der Waals surface area contributed by atoms with Gasteiger partial charge in [0.15, 0.2) is 0 Å². The van der Waals surface area contributed by atoms with Gasteiger partial charge in [0, 0.05) is 24.2 Å². The molecular weight excluding hydrogens is 262 g/mol. The summed E-state index contributed by atoms with van der Waals surface area (Å²) in [6.07, 6.45) is 7.15. The van der Waals surface area contributed by atoms with Gasteiger partial charge in [0.25, 0.3) is 0 Å². The fourth-order valence-corrected chi connectivity index (χ4v) is 2.27. The minimum absolute atomic E-state index is 0.00108. The number of benzene rings is 1. The summed E-state index contributed by atoms with van der Waals surface area (Å²) in [6.45, 7) is 2.92. The molecule has 106 valence electrons. The van der Waals surface area contributed by atoms with E-state index in [-0.39, 0.29) is 6.04 Å². The van der Waals surface area contributed by atoms with Crippen molar-refractivity contribution in [3.05, 3.63) is 72.6 Å². The normalized spacial score (nSPS) is 12.2. The fraction of sp³-hybridized carbons (Fsp3) is 0.188. The third-order valence-corrected chi connectivity index (χ3v) is 3.25. The van der Waals surface area contributed by atoms with Crippen LogP contribution in [-0.4, -0.2) is 26.3 Å². The van der Waals surface area contributed by atoms with E-state index in [0.29, 0.717) is 0 Å². The van der Waals surface area contributed by atoms with Crippen molar-refractivity contribution >= 4 is 0 Å². The van der Waals surface area contributed by atoms with Gasteiger partial charge < -0.3 is 5.32 Å². The maximum atomic E-state index is 4.67. The molecule has 1 unspecified atom stereocenters. The molecule has 1 aromatic carbocycles. The van der Waals surface area contributed by atoms with E-state index in [9.17, 15) is 0 Å². The fourth-order valence-electron chi connectivity index (χ4n) is 2.27. The lowest BCUT2D eigenvalue weighted by Gasteiger charge is -2.15. The molecule has 0 radical (unpaired) electrons. The Bertz CT molecular complexity index is 678. The highest BCUT2D eigenvalue weighted by Crippen LogP contribution is 2.20. The molecule has 3 rings (SSSR count). The van der Waals surface area contributed by atoms with Crippen molar-refractivity contribution in [2.45, 2.75) is 13.0 Å². The number of rotatable bonds is 5. The average Bonchev–Trinajstić information content (AvgIpc) is 3.04. The lowest BCUT2D eigenvalue weighted by molar-refractivity contribution is 0.603. The predicted molar refractivity (Wildman–Crippen MR) is 81.1 cm³/mol. The molecule has 1 atom stereocenters. The van der Waals surface area contributed by atoms with Gasteiger partial charge in [-0.15, -0.1) is 0 Å². The lowest BCUT2D eigenvalue weighted by Crippen LogP contribution is -2.23. The molecule has 2 heterocycles. The van der Waals surface area contributed by atoms with Crippen LogP contribution in [0.5, 0.6) is 0 Å². The van der Waals surface area contributed by atoms with Gasteiger partial charge in [-0.05, 0) is 24.7 Å². The van der Waals surface area contributed by atoms with E-state index in [1.807, 2.05) is 59.7 Å². The SMILES string of the molecule is CCNC(c1cncnc1)c1ccn(-c2ccccc2)n1. The third kappa shape index (κ3) is 2.98. The molecule has 5 heteroatoms. The number of aromatic nitrogens is 4. The zero-order valence-corrected chi connectivity index (χ0v) is 11.8. The summed E-state index contributed by atoms with van der Waals surface area (Å²) in [5.41, 5.74) is 3.01. The predicted octanol–water partition coefficient (Wildman–Crippen LogP) is 2.36. The van der Waals surface area contributed by atoms with Crippen LogP contribution in [0.3, 0.4) is 0 Å². The molecule has 0 saturated heterocycles. The summed E-state index contributed by atoms with van der Waals surface area (Å²) in [6, 6.07) is 12.1. The number of hydrogen-bond donors (Lipinski definition) is 1. The van der Waals surface area contributed by atoms with Crippen LogP contribution in [0.4, 0.5) is 0 Å². The zero-order chi connectivity index (χ0) is 14.5. The van der Waals surface area contributed by atoms with Crippen molar-refractivity contribution in [1.29, 1.82) is 0 Å². The van der Waals surface area contributed by atoms with Crippen molar-refractivity contribution in [3.8, 4) is 5.69 Å². The standard InChI is InChI=1S/C16H17N5/c1-2-19-16(13-10-17-12-18-11-13)15-8-9-21(20-15)14-6-4-3-5-7-14/h3-12,16,19H,2H2,1H3. The number of hydrogen-bond acceptors (Lipinski definition) is 4. The first-order valence-corrected chi connectivity index (χ1v) is 6.97. The van der Waals surface area contributed by atoms with Crippen LogP contribution in [0.1, 0.15) is 24.2 Å². The van der Waals surface area contributed by atoms with Gasteiger partial charge >= 0.3 is 0 Å². The minimum Gasteiger partial charge on any atom is -0.305 e. The Morgan fingerprint density at radius 2 is 1.86 bits per heavy atom. The molecule has 5 nitrogen and oxygen atoms in total. The number of nitrogens with one attached hydrogen (secondary N) is 1. The minimum atomic E-state index is 0.00108. The molecule has 0 bridgehead atoms. The first-order valence-electron chi connectivity index (χ1n) is 6.97. The highest BCUT2D eigenvalue weighted by molar-refractivity contribution is 5.32. The second kappa shape index (κ2) is 6.28. The van der Waals surface area contributed by atoms with Gasteiger partial charge in [-0.2, -0.15) is 5.10 Å². The molecule has 0 spiro atoms. The van der Waals surface area contributed by atoms with Crippen molar-refractivity contribution in [3.63, 3.8) is 0 Å². The second-order valence-corrected chi connectivity index (χ2v) is 4.68. The summed E-state index contributed by atoms with van der Waals surface area (Å²) < 4.78 is 1.88. The second-order valence-electron chi connectivity index (χ2n) is 4.68. The topological polar surface area (TPSA) is 55.6 Å². The average molecular weight is 279 g/mol. The van der Waals surface area contributed by atoms with Gasteiger partial charge in [-0.25, -0.2) is 14.6 Å². The molecule has 21 heavy (non-hydrogen) atoms. The molecule has 2 aromatic heterocycles. The monoisotopic (exact) mass is 279 g/mol. The largest absolute Gasteiger partial charge is 0.305 e. The van der Waals surface area contributed by atoms with Crippen LogP contribution >= 0.6 is 0 Å². The zero-order valence-electron chi connectivity index (χ0n) is 11.8. The van der Waals surface area contributed by atoms with Gasteiger partial charge in [0.2, 0.25) is 0 Å². The molecule has 0 saturated carbocycles. The van der Waals surface area contributed by atoms with E-state index in [1.54, 1.807) is 0 Å². The summed E-state index contributed by atoms with van der Waals surface area (Å²) in [7, 11) is 0. The van der Waals surface area contributed by atoms with Crippen LogP contribution in [0.25, 0.3) is 5.69 Å². The smallest absolute Gasteiger partial charge is 0.115 e. The highest BCUT2D eigenvalue weighted by atomic mass is 15.3. The van der Waals surface area contributed by atoms with Gasteiger partial charge in [-0.1, -0.05) is 25.1 Å². The Balaban J connectivity index is 1.93. The molecule has 3 aromatic rings. The Kier molecular flexibility index (Phi) is 4.02. The van der Waals surface area contributed by atoms with E-state index in [4.69, 9.17) is 0 Å². The highest BCUT2D eigenvalue weighted by Gasteiger charge is 2.16. The Morgan fingerprint density at radius 3 is 2.57 bits per heavy atom. The Labute approximate surface area is 123 Å². The Hall–Kier alpha value is -2.53. The molecule has 0 aliphatic rings. The third-order valence-electron chi connectivity index (χ3n) is 3.25. The van der Waals surface area contributed by atoms with Crippen molar-refractivity contribution in [2.75, 3.05) is 6.54 Å². The van der Waals surface area contributed by atoms with Crippen LogP contribution in [0.15, 0.2) is 61.3 Å². The van der Waals surface area contributed by atoms with E-state index < -0.39 is 0 Å². The Morgan fingerprint density at radius 1 is 1.10 bits per heavy atom. The van der Waals surface area contributed by atoms with Crippen molar-refractivity contribution in [2.24, 2.45) is 0 Å². The first kappa shape index (κ1) is 13.5. The van der Waals surface area contributed by atoms with Gasteiger partial charge in [-0.3, -0.25) is 0 Å². The van der Waals surface area contributed by atoms with Crippen LogP contribution < -0.4 is 5.32 Å². The van der Waals surface area contributed by atoms with Crippen LogP contribution in [0, 0.1) is 0 Å². The summed E-state index contributed by atoms with van der Waals surface area (Å²) >= 11 is 0.